The van der Waals surface area contributed by atoms with Crippen LogP contribution in [0.25, 0.3) is 10.2 Å². The second-order valence-corrected chi connectivity index (χ2v) is 6.73. The molecule has 1 aliphatic rings. The number of thiophene rings is 1. The van der Waals surface area contributed by atoms with E-state index in [1.807, 2.05) is 11.8 Å². The molecule has 5 heteroatoms. The third-order valence-corrected chi connectivity index (χ3v) is 5.87. The maximum atomic E-state index is 4.43. The molecule has 2 atom stereocenters. The highest BCUT2D eigenvalue weighted by molar-refractivity contribution is 7.99. The third-order valence-electron chi connectivity index (χ3n) is 3.61. The summed E-state index contributed by atoms with van der Waals surface area (Å²) >= 11 is 3.71. The lowest BCUT2D eigenvalue weighted by Gasteiger charge is -2.19. The van der Waals surface area contributed by atoms with Crippen LogP contribution in [-0.4, -0.2) is 27.5 Å². The third kappa shape index (κ3) is 2.10. The molecule has 0 aromatic carbocycles. The molecule has 1 N–H and O–H groups in total. The topological polar surface area (TPSA) is 37.8 Å². The van der Waals surface area contributed by atoms with Crippen molar-refractivity contribution in [3.63, 3.8) is 0 Å². The summed E-state index contributed by atoms with van der Waals surface area (Å²) in [5.41, 5.74) is 2.34. The molecule has 2 unspecified atom stereocenters. The summed E-state index contributed by atoms with van der Waals surface area (Å²) in [6.45, 7) is 2.11. The second-order valence-electron chi connectivity index (χ2n) is 4.77. The second kappa shape index (κ2) is 5.05. The molecule has 3 rings (SSSR count). The molecule has 0 amide bonds. The van der Waals surface area contributed by atoms with Gasteiger partial charge in [-0.15, -0.1) is 11.3 Å². The van der Waals surface area contributed by atoms with E-state index in [0.717, 1.165) is 16.6 Å². The van der Waals surface area contributed by atoms with Crippen molar-refractivity contribution < 1.29 is 0 Å². The van der Waals surface area contributed by atoms with Crippen LogP contribution in [0, 0.1) is 6.92 Å². The van der Waals surface area contributed by atoms with Crippen LogP contribution >= 0.6 is 23.1 Å². The van der Waals surface area contributed by atoms with Gasteiger partial charge in [0.05, 0.1) is 10.2 Å². The van der Waals surface area contributed by atoms with Crippen molar-refractivity contribution in [2.24, 2.45) is 0 Å². The quantitative estimate of drug-likeness (QED) is 0.929. The monoisotopic (exact) mass is 279 g/mol. The van der Waals surface area contributed by atoms with Crippen LogP contribution in [0.1, 0.15) is 24.8 Å². The Morgan fingerprint density at radius 1 is 1.39 bits per heavy atom. The summed E-state index contributed by atoms with van der Waals surface area (Å²) < 4.78 is 1.20. The number of hydrogen-bond acceptors (Lipinski definition) is 5. The number of nitrogens with zero attached hydrogens (tertiary/aromatic N) is 2. The fourth-order valence-corrected chi connectivity index (χ4v) is 4.51. The fourth-order valence-electron chi connectivity index (χ4n) is 2.62. The van der Waals surface area contributed by atoms with Gasteiger partial charge in [0.15, 0.2) is 0 Å². The molecule has 0 aliphatic heterocycles. The Morgan fingerprint density at radius 2 is 2.28 bits per heavy atom. The van der Waals surface area contributed by atoms with Gasteiger partial charge in [-0.2, -0.15) is 11.8 Å². The normalized spacial score (nSPS) is 23.7. The maximum absolute atomic E-state index is 4.43. The van der Waals surface area contributed by atoms with Crippen LogP contribution in [-0.2, 0) is 0 Å². The van der Waals surface area contributed by atoms with Gasteiger partial charge in [-0.3, -0.25) is 0 Å². The van der Waals surface area contributed by atoms with Gasteiger partial charge in [-0.25, -0.2) is 9.97 Å². The zero-order valence-electron chi connectivity index (χ0n) is 10.6. The first-order valence-electron chi connectivity index (χ1n) is 6.27. The Labute approximate surface area is 115 Å². The number of aromatic nitrogens is 2. The van der Waals surface area contributed by atoms with E-state index in [1.165, 1.54) is 29.5 Å². The molecule has 2 aromatic rings. The number of rotatable bonds is 3. The molecule has 0 radical (unpaired) electrons. The lowest BCUT2D eigenvalue weighted by molar-refractivity contribution is 0.765. The van der Waals surface area contributed by atoms with Crippen molar-refractivity contribution in [1.29, 1.82) is 0 Å². The lowest BCUT2D eigenvalue weighted by Crippen LogP contribution is -2.26. The van der Waals surface area contributed by atoms with Gasteiger partial charge in [0, 0.05) is 11.3 Å². The Balaban J connectivity index is 1.90. The van der Waals surface area contributed by atoms with Crippen LogP contribution in [0.4, 0.5) is 5.82 Å². The first kappa shape index (κ1) is 12.2. The van der Waals surface area contributed by atoms with E-state index in [-0.39, 0.29) is 0 Å². The zero-order chi connectivity index (χ0) is 12.5. The molecule has 1 aliphatic carbocycles. The highest BCUT2D eigenvalue weighted by atomic mass is 32.2. The number of aryl methyl sites for hydroxylation is 1. The summed E-state index contributed by atoms with van der Waals surface area (Å²) in [6, 6.07) is 0.556. The van der Waals surface area contributed by atoms with E-state index in [4.69, 9.17) is 0 Å². The molecule has 2 heterocycles. The van der Waals surface area contributed by atoms with Crippen molar-refractivity contribution >= 4 is 39.1 Å². The largest absolute Gasteiger partial charge is 0.365 e. The highest BCUT2D eigenvalue weighted by Gasteiger charge is 2.27. The Hall–Kier alpha value is -0.810. The molecule has 96 valence electrons. The number of nitrogens with one attached hydrogen (secondary N) is 1. The van der Waals surface area contributed by atoms with Crippen LogP contribution in [0.15, 0.2) is 11.7 Å². The number of hydrogen-bond donors (Lipinski definition) is 1. The average Bonchev–Trinajstić information content (AvgIpc) is 2.98. The van der Waals surface area contributed by atoms with Gasteiger partial charge < -0.3 is 5.32 Å². The van der Waals surface area contributed by atoms with E-state index in [1.54, 1.807) is 17.7 Å². The Kier molecular flexibility index (Phi) is 3.43. The van der Waals surface area contributed by atoms with Gasteiger partial charge in [0.2, 0.25) is 0 Å². The molecular weight excluding hydrogens is 262 g/mol. The molecule has 0 spiro atoms. The minimum atomic E-state index is 0.556. The average molecular weight is 279 g/mol. The molecule has 2 aromatic heterocycles. The first-order chi connectivity index (χ1) is 8.79. The number of fused-ring (bicyclic) bond motifs is 1. The van der Waals surface area contributed by atoms with Gasteiger partial charge >= 0.3 is 0 Å². The summed E-state index contributed by atoms with van der Waals surface area (Å²) in [4.78, 5) is 8.80. The smallest absolute Gasteiger partial charge is 0.147 e. The van der Waals surface area contributed by atoms with E-state index in [2.05, 4.69) is 33.8 Å². The maximum Gasteiger partial charge on any atom is 0.147 e. The minimum Gasteiger partial charge on any atom is -0.365 e. The van der Waals surface area contributed by atoms with Crippen LogP contribution < -0.4 is 5.32 Å². The number of anilines is 1. The standard InChI is InChI=1S/C13H17N3S2/c1-8-6-18-12-11(8)14-7-15-13(12)16-9-4-3-5-10(9)17-2/h6-7,9-10H,3-5H2,1-2H3,(H,14,15,16). The van der Waals surface area contributed by atoms with Crippen molar-refractivity contribution in [2.45, 2.75) is 37.5 Å². The van der Waals surface area contributed by atoms with Crippen LogP contribution in [0.2, 0.25) is 0 Å². The summed E-state index contributed by atoms with van der Waals surface area (Å²) in [6.07, 6.45) is 7.77. The van der Waals surface area contributed by atoms with Gasteiger partial charge in [0.25, 0.3) is 0 Å². The summed E-state index contributed by atoms with van der Waals surface area (Å²) in [7, 11) is 0. The SMILES string of the molecule is CSC1CCCC1Nc1ncnc2c(C)csc12. The Morgan fingerprint density at radius 3 is 3.11 bits per heavy atom. The Bertz CT molecular complexity index is 552. The molecule has 0 saturated heterocycles. The molecule has 3 nitrogen and oxygen atoms in total. The summed E-state index contributed by atoms with van der Waals surface area (Å²) in [5.74, 6) is 1.02. The number of thioether (sulfide) groups is 1. The zero-order valence-corrected chi connectivity index (χ0v) is 12.3. The molecule has 18 heavy (non-hydrogen) atoms. The lowest BCUT2D eigenvalue weighted by atomic mass is 10.2. The highest BCUT2D eigenvalue weighted by Crippen LogP contribution is 2.34. The van der Waals surface area contributed by atoms with Gasteiger partial charge in [-0.05, 0) is 37.0 Å². The predicted octanol–water partition coefficient (Wildman–Crippen LogP) is 3.70. The molecule has 1 fully saturated rings. The summed E-state index contributed by atoms with van der Waals surface area (Å²) in [5, 5.41) is 6.51. The predicted molar refractivity (Wildman–Crippen MR) is 80.7 cm³/mol. The van der Waals surface area contributed by atoms with E-state index in [9.17, 15) is 0 Å². The molecule has 1 saturated carbocycles. The van der Waals surface area contributed by atoms with E-state index in [0.29, 0.717) is 6.04 Å². The van der Waals surface area contributed by atoms with Crippen LogP contribution in [0.3, 0.4) is 0 Å². The van der Waals surface area contributed by atoms with Crippen molar-refractivity contribution in [3.05, 3.63) is 17.3 Å². The van der Waals surface area contributed by atoms with Crippen LogP contribution in [0.5, 0.6) is 0 Å². The van der Waals surface area contributed by atoms with E-state index < -0.39 is 0 Å². The van der Waals surface area contributed by atoms with Gasteiger partial charge in [0.1, 0.15) is 12.1 Å². The van der Waals surface area contributed by atoms with Crippen molar-refractivity contribution in [1.82, 2.24) is 9.97 Å². The minimum absolute atomic E-state index is 0.556. The van der Waals surface area contributed by atoms with E-state index >= 15 is 0 Å². The molecule has 0 bridgehead atoms. The molecular formula is C13H17N3S2. The van der Waals surface area contributed by atoms with Gasteiger partial charge in [-0.1, -0.05) is 6.42 Å². The van der Waals surface area contributed by atoms with Crippen molar-refractivity contribution in [2.75, 3.05) is 11.6 Å². The van der Waals surface area contributed by atoms with Crippen molar-refractivity contribution in [3.8, 4) is 0 Å². The first-order valence-corrected chi connectivity index (χ1v) is 8.44. The fraction of sp³-hybridized carbons (Fsp3) is 0.538.